The fraction of sp³-hybridized carbons (Fsp3) is 0.871. The first kappa shape index (κ1) is 32.9. The van der Waals surface area contributed by atoms with Crippen molar-refractivity contribution >= 4 is 11.8 Å². The van der Waals surface area contributed by atoms with Crippen LogP contribution in [0.5, 0.6) is 0 Å². The molecular weight excluding hydrogens is 420 g/mol. The number of hydrogen-bond acceptors (Lipinski definition) is 2. The van der Waals surface area contributed by atoms with Crippen molar-refractivity contribution in [3.63, 3.8) is 0 Å². The quantitative estimate of drug-likeness (QED) is 0.0943. The number of carbonyl (C=O) groups excluding carboxylic acids is 1. The third-order valence-corrected chi connectivity index (χ3v) is 6.95. The van der Waals surface area contributed by atoms with Crippen molar-refractivity contribution in [1.29, 1.82) is 0 Å². The van der Waals surface area contributed by atoms with Gasteiger partial charge in [0.2, 0.25) is 0 Å². The number of Topliss-reactive ketones (excluding diaryl/α,β-unsaturated/α-hetero) is 1. The monoisotopic (exact) mass is 478 g/mol. The van der Waals surface area contributed by atoms with E-state index in [4.69, 9.17) is 0 Å². The Labute approximate surface area is 212 Å². The lowest BCUT2D eigenvalue weighted by molar-refractivity contribution is -0.144. The molecular formula is C31H58O3. The van der Waals surface area contributed by atoms with Crippen LogP contribution >= 0.6 is 0 Å². The number of hydrogen-bond donors (Lipinski definition) is 1. The highest BCUT2D eigenvalue weighted by Crippen LogP contribution is 2.18. The Kier molecular flexibility index (Phi) is 25.6. The highest BCUT2D eigenvalue weighted by Gasteiger charge is 2.20. The van der Waals surface area contributed by atoms with Gasteiger partial charge in [-0.25, -0.2) is 0 Å². The predicted molar refractivity (Wildman–Crippen MR) is 147 cm³/mol. The molecule has 1 atom stereocenters. The average molecular weight is 479 g/mol. The van der Waals surface area contributed by atoms with E-state index in [0.717, 1.165) is 25.7 Å². The fourth-order valence-corrected chi connectivity index (χ4v) is 4.61. The van der Waals surface area contributed by atoms with Gasteiger partial charge in [0.1, 0.15) is 5.78 Å². The number of carbonyl (C=O) groups is 2. The number of ketones is 1. The molecule has 0 bridgehead atoms. The molecule has 0 heterocycles. The number of aliphatic carboxylic acids is 1. The van der Waals surface area contributed by atoms with E-state index >= 15 is 0 Å². The molecule has 0 rings (SSSR count). The Balaban J connectivity index is 3.59. The van der Waals surface area contributed by atoms with E-state index in [1.54, 1.807) is 0 Å². The Morgan fingerprint density at radius 1 is 0.588 bits per heavy atom. The Bertz CT molecular complexity index is 483. The molecule has 0 saturated heterocycles. The van der Waals surface area contributed by atoms with E-state index < -0.39 is 11.9 Å². The maximum absolute atomic E-state index is 12.3. The number of allylic oxidation sites excluding steroid dienone is 2. The van der Waals surface area contributed by atoms with Gasteiger partial charge in [0, 0.05) is 12.8 Å². The number of carboxylic acid groups (broad SMARTS) is 1. The summed E-state index contributed by atoms with van der Waals surface area (Å²) < 4.78 is 0. The summed E-state index contributed by atoms with van der Waals surface area (Å²) in [5, 5.41) is 9.47. The lowest BCUT2D eigenvalue weighted by atomic mass is 9.93. The standard InChI is InChI=1S/C31H58O3/c1-3-5-7-9-11-13-14-15-16-17-18-19-21-23-25-27-30(32)28-29(31(33)34)26-24-22-20-12-10-8-6-4-2/h15-16,29H,3-14,17-28H2,1-2H3,(H,33,34). The van der Waals surface area contributed by atoms with Gasteiger partial charge in [0.15, 0.2) is 0 Å². The smallest absolute Gasteiger partial charge is 0.306 e. The molecule has 0 saturated carbocycles. The van der Waals surface area contributed by atoms with E-state index in [-0.39, 0.29) is 12.2 Å². The van der Waals surface area contributed by atoms with Crippen LogP contribution in [0.3, 0.4) is 0 Å². The van der Waals surface area contributed by atoms with Crippen molar-refractivity contribution in [2.24, 2.45) is 5.92 Å². The minimum Gasteiger partial charge on any atom is -0.481 e. The third kappa shape index (κ3) is 24.0. The van der Waals surface area contributed by atoms with E-state index in [1.165, 1.54) is 109 Å². The average Bonchev–Trinajstić information content (AvgIpc) is 2.82. The van der Waals surface area contributed by atoms with Gasteiger partial charge < -0.3 is 5.11 Å². The van der Waals surface area contributed by atoms with Crippen LogP contribution in [0.4, 0.5) is 0 Å². The van der Waals surface area contributed by atoms with Crippen molar-refractivity contribution < 1.29 is 14.7 Å². The van der Waals surface area contributed by atoms with Gasteiger partial charge in [0.25, 0.3) is 0 Å². The van der Waals surface area contributed by atoms with Crippen molar-refractivity contribution in [3.8, 4) is 0 Å². The highest BCUT2D eigenvalue weighted by molar-refractivity contribution is 5.83. The molecule has 0 aromatic carbocycles. The summed E-state index contributed by atoms with van der Waals surface area (Å²) in [6, 6.07) is 0. The van der Waals surface area contributed by atoms with Gasteiger partial charge in [-0.2, -0.15) is 0 Å². The van der Waals surface area contributed by atoms with Crippen molar-refractivity contribution in [3.05, 3.63) is 12.2 Å². The molecule has 0 aromatic rings. The highest BCUT2D eigenvalue weighted by atomic mass is 16.4. The number of rotatable bonds is 27. The molecule has 0 spiro atoms. The van der Waals surface area contributed by atoms with Crippen LogP contribution in [0, 0.1) is 5.92 Å². The molecule has 1 N–H and O–H groups in total. The van der Waals surface area contributed by atoms with Crippen molar-refractivity contribution in [2.45, 2.75) is 168 Å². The Hall–Kier alpha value is -1.12. The first-order chi connectivity index (χ1) is 16.6. The molecule has 0 fully saturated rings. The lowest BCUT2D eigenvalue weighted by Crippen LogP contribution is -2.18. The van der Waals surface area contributed by atoms with E-state index in [2.05, 4.69) is 26.0 Å². The zero-order valence-electron chi connectivity index (χ0n) is 23.0. The summed E-state index contributed by atoms with van der Waals surface area (Å²) in [7, 11) is 0. The zero-order chi connectivity index (χ0) is 25.1. The van der Waals surface area contributed by atoms with Crippen molar-refractivity contribution in [1.82, 2.24) is 0 Å². The SMILES string of the molecule is CCCCCCCCC=CCCCCCCCC(=O)CC(CCCCCCCCCC)C(=O)O. The third-order valence-electron chi connectivity index (χ3n) is 6.95. The molecule has 3 nitrogen and oxygen atoms in total. The van der Waals surface area contributed by atoms with Gasteiger partial charge >= 0.3 is 5.97 Å². The van der Waals surface area contributed by atoms with Crippen LogP contribution in [0.1, 0.15) is 168 Å². The van der Waals surface area contributed by atoms with Crippen LogP contribution < -0.4 is 0 Å². The van der Waals surface area contributed by atoms with Crippen molar-refractivity contribution in [2.75, 3.05) is 0 Å². The number of unbranched alkanes of at least 4 members (excludes halogenated alkanes) is 18. The van der Waals surface area contributed by atoms with Gasteiger partial charge in [-0.05, 0) is 38.5 Å². The maximum Gasteiger partial charge on any atom is 0.306 e. The fourth-order valence-electron chi connectivity index (χ4n) is 4.61. The molecule has 0 aliphatic rings. The predicted octanol–water partition coefficient (Wildman–Crippen LogP) is 10.2. The van der Waals surface area contributed by atoms with Crippen LogP contribution in [-0.2, 0) is 9.59 Å². The summed E-state index contributed by atoms with van der Waals surface area (Å²) in [6.45, 7) is 4.49. The molecule has 34 heavy (non-hydrogen) atoms. The van der Waals surface area contributed by atoms with Gasteiger partial charge in [-0.15, -0.1) is 0 Å². The molecule has 0 amide bonds. The summed E-state index contributed by atoms with van der Waals surface area (Å²) >= 11 is 0. The first-order valence-electron chi connectivity index (χ1n) is 15.0. The minimum atomic E-state index is -0.791. The molecule has 0 aliphatic heterocycles. The summed E-state index contributed by atoms with van der Waals surface area (Å²) in [4.78, 5) is 23.8. The van der Waals surface area contributed by atoms with Crippen LogP contribution in [0.15, 0.2) is 12.2 Å². The van der Waals surface area contributed by atoms with E-state index in [9.17, 15) is 14.7 Å². The normalized spacial score (nSPS) is 12.4. The first-order valence-corrected chi connectivity index (χ1v) is 15.0. The van der Waals surface area contributed by atoms with Crippen LogP contribution in [0.25, 0.3) is 0 Å². The Morgan fingerprint density at radius 2 is 1.00 bits per heavy atom. The summed E-state index contributed by atoms with van der Waals surface area (Å²) in [5.74, 6) is -1.12. The molecule has 3 heteroatoms. The van der Waals surface area contributed by atoms with E-state index in [1.807, 2.05) is 0 Å². The molecule has 0 aliphatic carbocycles. The lowest BCUT2D eigenvalue weighted by Gasteiger charge is -2.11. The number of carboxylic acids is 1. The summed E-state index contributed by atoms with van der Waals surface area (Å²) in [5.41, 5.74) is 0. The van der Waals surface area contributed by atoms with Gasteiger partial charge in [-0.1, -0.05) is 129 Å². The Morgan fingerprint density at radius 3 is 1.47 bits per heavy atom. The molecule has 0 radical (unpaired) electrons. The van der Waals surface area contributed by atoms with E-state index in [0.29, 0.717) is 12.8 Å². The van der Waals surface area contributed by atoms with Crippen LogP contribution in [-0.4, -0.2) is 16.9 Å². The topological polar surface area (TPSA) is 54.4 Å². The van der Waals surface area contributed by atoms with Gasteiger partial charge in [-0.3, -0.25) is 9.59 Å². The molecule has 200 valence electrons. The second-order valence-electron chi connectivity index (χ2n) is 10.4. The molecule has 0 aromatic heterocycles. The zero-order valence-corrected chi connectivity index (χ0v) is 23.0. The second-order valence-corrected chi connectivity index (χ2v) is 10.4. The summed E-state index contributed by atoms with van der Waals surface area (Å²) in [6.07, 6.45) is 32.0. The van der Waals surface area contributed by atoms with Gasteiger partial charge in [0.05, 0.1) is 5.92 Å². The minimum absolute atomic E-state index is 0.143. The maximum atomic E-state index is 12.3. The molecule has 1 unspecified atom stereocenters. The second kappa shape index (κ2) is 26.5. The largest absolute Gasteiger partial charge is 0.481 e. The van der Waals surface area contributed by atoms with Crippen LogP contribution in [0.2, 0.25) is 0 Å².